The number of hydrogen-bond acceptors (Lipinski definition) is 7. The first-order chi connectivity index (χ1) is 15.7. The van der Waals surface area contributed by atoms with Gasteiger partial charge in [-0.15, -0.1) is 0 Å². The molecule has 0 bridgehead atoms. The first-order valence-corrected chi connectivity index (χ1v) is 9.55. The van der Waals surface area contributed by atoms with Gasteiger partial charge in [-0.25, -0.2) is 19.2 Å². The van der Waals surface area contributed by atoms with Crippen molar-refractivity contribution in [3.63, 3.8) is 0 Å². The SMILES string of the molecule is Nc1cc(C(=O)OC(=O)c2cc(N)cc3cccc(C(=O)O)c23)c2c(C(=O)O)cccc2c1. The van der Waals surface area contributed by atoms with Gasteiger partial charge in [-0.05, 0) is 47.2 Å². The molecule has 33 heavy (non-hydrogen) atoms. The summed E-state index contributed by atoms with van der Waals surface area (Å²) in [6.45, 7) is 0. The average molecular weight is 444 g/mol. The van der Waals surface area contributed by atoms with E-state index in [0.717, 1.165) is 0 Å². The number of ether oxygens (including phenoxy) is 1. The van der Waals surface area contributed by atoms with Crippen molar-refractivity contribution >= 4 is 56.8 Å². The van der Waals surface area contributed by atoms with Crippen molar-refractivity contribution in [1.29, 1.82) is 0 Å². The zero-order valence-corrected chi connectivity index (χ0v) is 16.9. The summed E-state index contributed by atoms with van der Waals surface area (Å²) in [5, 5.41) is 19.9. The lowest BCUT2D eigenvalue weighted by Crippen LogP contribution is -2.16. The molecule has 0 heterocycles. The topological polar surface area (TPSA) is 170 Å². The number of esters is 2. The molecule has 4 rings (SSSR count). The van der Waals surface area contributed by atoms with Crippen molar-refractivity contribution in [3.05, 3.63) is 82.9 Å². The first-order valence-electron chi connectivity index (χ1n) is 9.55. The molecule has 4 aromatic rings. The van der Waals surface area contributed by atoms with Crippen LogP contribution in [0.3, 0.4) is 0 Å². The molecule has 0 aromatic heterocycles. The van der Waals surface area contributed by atoms with Crippen LogP contribution in [-0.2, 0) is 4.74 Å². The van der Waals surface area contributed by atoms with E-state index in [0.29, 0.717) is 10.8 Å². The minimum absolute atomic E-state index is 0.0562. The van der Waals surface area contributed by atoms with Crippen LogP contribution in [0.25, 0.3) is 21.5 Å². The Hall–Kier alpha value is -4.92. The molecule has 0 aliphatic rings. The van der Waals surface area contributed by atoms with Crippen LogP contribution in [0.4, 0.5) is 11.4 Å². The fraction of sp³-hybridized carbons (Fsp3) is 0. The second-order valence-electron chi connectivity index (χ2n) is 7.23. The van der Waals surface area contributed by atoms with Crippen molar-refractivity contribution in [2.75, 3.05) is 11.5 Å². The molecule has 0 atom stereocenters. The number of aromatic carboxylic acids is 2. The molecule has 0 saturated carbocycles. The van der Waals surface area contributed by atoms with Crippen LogP contribution >= 0.6 is 0 Å². The van der Waals surface area contributed by atoms with Crippen LogP contribution in [0, 0.1) is 0 Å². The normalized spacial score (nSPS) is 10.8. The minimum Gasteiger partial charge on any atom is -0.478 e. The molecule has 0 spiro atoms. The number of rotatable bonds is 4. The minimum atomic E-state index is -1.28. The molecule has 0 aliphatic heterocycles. The number of carboxylic acids is 2. The molecule has 4 aromatic carbocycles. The Morgan fingerprint density at radius 2 is 1.00 bits per heavy atom. The second kappa shape index (κ2) is 7.97. The number of carbonyl (C=O) groups is 4. The van der Waals surface area contributed by atoms with Gasteiger partial charge in [0.2, 0.25) is 0 Å². The van der Waals surface area contributed by atoms with Crippen LogP contribution in [0.15, 0.2) is 60.7 Å². The quantitative estimate of drug-likeness (QED) is 0.209. The van der Waals surface area contributed by atoms with E-state index in [9.17, 15) is 29.4 Å². The lowest BCUT2D eigenvalue weighted by molar-refractivity contribution is 0.0400. The van der Waals surface area contributed by atoms with Crippen LogP contribution in [-0.4, -0.2) is 34.1 Å². The largest absolute Gasteiger partial charge is 0.478 e. The number of carboxylic acid groups (broad SMARTS) is 2. The highest BCUT2D eigenvalue weighted by Gasteiger charge is 2.24. The molecular formula is C24H16N2O7. The smallest absolute Gasteiger partial charge is 0.346 e. The molecule has 0 unspecified atom stereocenters. The van der Waals surface area contributed by atoms with Gasteiger partial charge in [0.05, 0.1) is 22.3 Å². The van der Waals surface area contributed by atoms with Gasteiger partial charge in [-0.1, -0.05) is 24.3 Å². The van der Waals surface area contributed by atoms with Gasteiger partial charge in [-0.3, -0.25) is 0 Å². The molecule has 0 aliphatic carbocycles. The number of fused-ring (bicyclic) bond motifs is 2. The fourth-order valence-electron chi connectivity index (χ4n) is 3.77. The molecular weight excluding hydrogens is 428 g/mol. The van der Waals surface area contributed by atoms with Crippen molar-refractivity contribution in [1.82, 2.24) is 0 Å². The molecule has 9 heteroatoms. The zero-order chi connectivity index (χ0) is 23.9. The summed E-state index contributed by atoms with van der Waals surface area (Å²) in [7, 11) is 0. The van der Waals surface area contributed by atoms with Crippen LogP contribution in [0.1, 0.15) is 41.4 Å². The summed E-state index contributed by atoms with van der Waals surface area (Å²) in [5.41, 5.74) is 11.2. The monoisotopic (exact) mass is 444 g/mol. The van der Waals surface area contributed by atoms with Crippen molar-refractivity contribution in [2.45, 2.75) is 0 Å². The Morgan fingerprint density at radius 3 is 1.36 bits per heavy atom. The molecule has 164 valence electrons. The predicted molar refractivity (Wildman–Crippen MR) is 120 cm³/mol. The van der Waals surface area contributed by atoms with Crippen LogP contribution < -0.4 is 11.5 Å². The third-order valence-electron chi connectivity index (χ3n) is 5.08. The average Bonchev–Trinajstić information content (AvgIpc) is 2.76. The third kappa shape index (κ3) is 3.79. The van der Waals surface area contributed by atoms with Gasteiger partial charge in [-0.2, -0.15) is 0 Å². The van der Waals surface area contributed by atoms with Crippen LogP contribution in [0.2, 0.25) is 0 Å². The van der Waals surface area contributed by atoms with Gasteiger partial charge >= 0.3 is 23.9 Å². The maximum absolute atomic E-state index is 13.0. The highest BCUT2D eigenvalue weighted by molar-refractivity contribution is 6.19. The van der Waals surface area contributed by atoms with Crippen molar-refractivity contribution in [3.8, 4) is 0 Å². The molecule has 0 saturated heterocycles. The van der Waals surface area contributed by atoms with Gasteiger partial charge < -0.3 is 26.4 Å². The molecule has 6 N–H and O–H groups in total. The Morgan fingerprint density at radius 1 is 0.606 bits per heavy atom. The number of hydrogen-bond donors (Lipinski definition) is 4. The molecule has 0 radical (unpaired) electrons. The molecule has 0 fully saturated rings. The number of nitrogen functional groups attached to an aromatic ring is 2. The van der Waals surface area contributed by atoms with Crippen molar-refractivity contribution < 1.29 is 34.1 Å². The summed E-state index contributed by atoms with van der Waals surface area (Å²) >= 11 is 0. The summed E-state index contributed by atoms with van der Waals surface area (Å²) < 4.78 is 5.04. The fourth-order valence-corrected chi connectivity index (χ4v) is 3.77. The van der Waals surface area contributed by atoms with Gasteiger partial charge in [0.15, 0.2) is 0 Å². The Balaban J connectivity index is 1.84. The highest BCUT2D eigenvalue weighted by atomic mass is 16.6. The Labute approximate surface area is 185 Å². The molecule has 0 amide bonds. The van der Waals surface area contributed by atoms with E-state index in [2.05, 4.69) is 0 Å². The zero-order valence-electron chi connectivity index (χ0n) is 16.9. The summed E-state index contributed by atoms with van der Waals surface area (Å²) in [6.07, 6.45) is 0. The van der Waals surface area contributed by atoms with Gasteiger partial charge in [0.25, 0.3) is 0 Å². The van der Waals surface area contributed by atoms with E-state index >= 15 is 0 Å². The van der Waals surface area contributed by atoms with Gasteiger partial charge in [0, 0.05) is 22.1 Å². The second-order valence-corrected chi connectivity index (χ2v) is 7.23. The lowest BCUT2D eigenvalue weighted by Gasteiger charge is -2.12. The predicted octanol–water partition coefficient (Wildman–Crippen LogP) is 3.55. The van der Waals surface area contributed by atoms with Crippen LogP contribution in [0.5, 0.6) is 0 Å². The van der Waals surface area contributed by atoms with E-state index in [4.69, 9.17) is 16.2 Å². The maximum Gasteiger partial charge on any atom is 0.346 e. The van der Waals surface area contributed by atoms with E-state index in [1.807, 2.05) is 0 Å². The Bertz CT molecular complexity index is 1400. The van der Waals surface area contributed by atoms with E-state index in [1.54, 1.807) is 12.1 Å². The van der Waals surface area contributed by atoms with E-state index < -0.39 is 23.9 Å². The highest BCUT2D eigenvalue weighted by Crippen LogP contribution is 2.30. The number of nitrogens with two attached hydrogens (primary N) is 2. The standard InChI is InChI=1S/C24H16N2O7/c25-13-7-11-3-1-5-15(21(27)28)19(11)17(9-13)23(31)33-24(32)18-10-14(26)8-12-4-2-6-16(20(12)18)22(29)30/h1-10H,25-26H2,(H,27,28)(H,29,30). The number of benzene rings is 4. The summed E-state index contributed by atoms with van der Waals surface area (Å²) in [4.78, 5) is 49.3. The summed E-state index contributed by atoms with van der Waals surface area (Å²) in [6, 6.07) is 14.2. The molecule has 9 nitrogen and oxygen atoms in total. The number of carbonyl (C=O) groups excluding carboxylic acids is 2. The Kier molecular flexibility index (Phi) is 5.15. The van der Waals surface area contributed by atoms with E-state index in [1.165, 1.54) is 48.5 Å². The van der Waals surface area contributed by atoms with Gasteiger partial charge in [0.1, 0.15) is 0 Å². The third-order valence-corrected chi connectivity index (χ3v) is 5.08. The lowest BCUT2D eigenvalue weighted by atomic mass is 9.97. The number of anilines is 2. The van der Waals surface area contributed by atoms with Crippen molar-refractivity contribution in [2.24, 2.45) is 0 Å². The van der Waals surface area contributed by atoms with E-state index in [-0.39, 0.29) is 44.4 Å². The summed E-state index contributed by atoms with van der Waals surface area (Å²) in [5.74, 6) is -4.85. The maximum atomic E-state index is 13.0. The first kappa shape index (κ1) is 21.3.